The van der Waals surface area contributed by atoms with Crippen molar-refractivity contribution in [2.75, 3.05) is 16.0 Å². The Bertz CT molecular complexity index is 1630. The van der Waals surface area contributed by atoms with Crippen LogP contribution in [0.15, 0.2) is 79.0 Å². The number of anilines is 3. The maximum atomic E-state index is 13.1. The normalized spacial score (nSPS) is 11.9. The Labute approximate surface area is 256 Å². The first-order valence-corrected chi connectivity index (χ1v) is 14.6. The van der Waals surface area contributed by atoms with Gasteiger partial charge in [0.15, 0.2) is 5.78 Å². The number of carboxylic acid groups (broad SMARTS) is 1. The highest BCUT2D eigenvalue weighted by Gasteiger charge is 2.28. The summed E-state index contributed by atoms with van der Waals surface area (Å²) in [5.74, 6) is -1.52. The molecule has 4 rings (SSSR count). The fraction of sp³-hybridized carbons (Fsp3) is 0.294. The molecule has 10 heteroatoms. The van der Waals surface area contributed by atoms with Gasteiger partial charge in [0.05, 0.1) is 12.0 Å². The van der Waals surface area contributed by atoms with Gasteiger partial charge >= 0.3 is 12.0 Å². The summed E-state index contributed by atoms with van der Waals surface area (Å²) >= 11 is 0. The molecule has 230 valence electrons. The van der Waals surface area contributed by atoms with E-state index in [-0.39, 0.29) is 37.0 Å². The molecule has 0 radical (unpaired) electrons. The van der Waals surface area contributed by atoms with Crippen molar-refractivity contribution in [1.82, 2.24) is 10.3 Å². The van der Waals surface area contributed by atoms with Crippen LogP contribution < -0.4 is 21.3 Å². The van der Waals surface area contributed by atoms with Gasteiger partial charge in [-0.3, -0.25) is 14.4 Å². The summed E-state index contributed by atoms with van der Waals surface area (Å²) in [5, 5.41) is 22.1. The van der Waals surface area contributed by atoms with Crippen LogP contribution in [0.4, 0.5) is 21.9 Å². The van der Waals surface area contributed by atoms with Crippen molar-refractivity contribution in [2.45, 2.75) is 64.5 Å². The van der Waals surface area contributed by atoms with Gasteiger partial charge in [-0.05, 0) is 81.1 Å². The Morgan fingerprint density at radius 2 is 1.55 bits per heavy atom. The Morgan fingerprint density at radius 3 is 2.27 bits per heavy atom. The number of fused-ring (bicyclic) bond motifs is 1. The van der Waals surface area contributed by atoms with Crippen LogP contribution >= 0.6 is 0 Å². The minimum atomic E-state index is -0.997. The minimum absolute atomic E-state index is 0.00716. The average Bonchev–Trinajstić information content (AvgIpc) is 3.39. The Morgan fingerprint density at radius 1 is 0.864 bits per heavy atom. The van der Waals surface area contributed by atoms with Crippen LogP contribution in [0.5, 0.6) is 0 Å². The molecule has 44 heavy (non-hydrogen) atoms. The third kappa shape index (κ3) is 8.94. The number of carbonyl (C=O) groups excluding carboxylic acids is 3. The molecule has 10 nitrogen and oxygen atoms in total. The van der Waals surface area contributed by atoms with E-state index in [9.17, 15) is 24.3 Å². The topological polar surface area (TPSA) is 152 Å². The molecule has 0 aliphatic rings. The quantitative estimate of drug-likeness (QED) is 0.101. The summed E-state index contributed by atoms with van der Waals surface area (Å²) in [4.78, 5) is 52.8. The Kier molecular flexibility index (Phi) is 10.4. The second-order valence-corrected chi connectivity index (χ2v) is 11.4. The predicted octanol–water partition coefficient (Wildman–Crippen LogP) is 6.25. The van der Waals surface area contributed by atoms with Crippen molar-refractivity contribution in [1.29, 1.82) is 0 Å². The van der Waals surface area contributed by atoms with Crippen LogP contribution in [0, 0.1) is 6.92 Å². The first kappa shape index (κ1) is 31.8. The number of carboxylic acids is 1. The van der Waals surface area contributed by atoms with E-state index in [1.54, 1.807) is 38.1 Å². The zero-order chi connectivity index (χ0) is 31.7. The number of aliphatic carboxylic acids is 1. The fourth-order valence-electron chi connectivity index (χ4n) is 5.01. The lowest BCUT2D eigenvalue weighted by molar-refractivity contribution is -0.138. The summed E-state index contributed by atoms with van der Waals surface area (Å²) in [7, 11) is 0. The number of carbonyl (C=O) groups is 4. The molecule has 1 atom stereocenters. The third-order valence-corrected chi connectivity index (χ3v) is 7.49. The highest BCUT2D eigenvalue weighted by molar-refractivity contribution is 6.00. The van der Waals surface area contributed by atoms with Crippen LogP contribution in [0.1, 0.15) is 50.7 Å². The summed E-state index contributed by atoms with van der Waals surface area (Å²) in [6.45, 7) is 5.39. The monoisotopic (exact) mass is 597 g/mol. The Balaban J connectivity index is 1.25. The van der Waals surface area contributed by atoms with Gasteiger partial charge in [0.2, 0.25) is 5.91 Å². The number of aryl methyl sites for hydroxylation is 2. The maximum absolute atomic E-state index is 13.1. The molecule has 3 aromatic carbocycles. The van der Waals surface area contributed by atoms with Gasteiger partial charge in [0.25, 0.3) is 0 Å². The van der Waals surface area contributed by atoms with Crippen molar-refractivity contribution in [3.63, 3.8) is 0 Å². The summed E-state index contributed by atoms with van der Waals surface area (Å²) < 4.78 is 0. The second kappa shape index (κ2) is 14.4. The van der Waals surface area contributed by atoms with Crippen molar-refractivity contribution in [3.8, 4) is 0 Å². The highest BCUT2D eigenvalue weighted by Crippen LogP contribution is 2.22. The first-order chi connectivity index (χ1) is 21.0. The molecule has 1 heterocycles. The van der Waals surface area contributed by atoms with Gasteiger partial charge in [0.1, 0.15) is 0 Å². The second-order valence-electron chi connectivity index (χ2n) is 11.4. The van der Waals surface area contributed by atoms with E-state index in [4.69, 9.17) is 0 Å². The van der Waals surface area contributed by atoms with Crippen molar-refractivity contribution in [2.24, 2.45) is 0 Å². The number of urea groups is 1. The van der Waals surface area contributed by atoms with Gasteiger partial charge in [0, 0.05) is 53.0 Å². The highest BCUT2D eigenvalue weighted by atomic mass is 16.4. The average molecular weight is 598 g/mol. The molecule has 3 amide bonds. The minimum Gasteiger partial charge on any atom is -0.481 e. The maximum Gasteiger partial charge on any atom is 0.323 e. The number of H-pyrrole nitrogens is 1. The zero-order valence-electron chi connectivity index (χ0n) is 25.2. The van der Waals surface area contributed by atoms with Crippen LogP contribution in [0.3, 0.4) is 0 Å². The number of amides is 3. The molecule has 0 fully saturated rings. The van der Waals surface area contributed by atoms with E-state index in [1.165, 1.54) is 0 Å². The van der Waals surface area contributed by atoms with Gasteiger partial charge in [-0.1, -0.05) is 36.4 Å². The van der Waals surface area contributed by atoms with Gasteiger partial charge in [-0.2, -0.15) is 0 Å². The van der Waals surface area contributed by atoms with E-state index in [2.05, 4.69) is 26.3 Å². The number of hydrogen-bond donors (Lipinski definition) is 6. The zero-order valence-corrected chi connectivity index (χ0v) is 25.2. The SMILES string of the molecule is Cc1ccccc1NC(=O)Nc1ccc(NC(C)(C)C(=O)CCC(=O)NC(CCc2c[nH]c3ccccc23)CC(=O)O)cc1. The molecule has 4 aromatic rings. The number of Topliss-reactive ketones (excluding diaryl/α,β-unsaturated/α-hetero) is 1. The molecule has 6 N–H and O–H groups in total. The van der Waals surface area contributed by atoms with Gasteiger partial charge in [-0.25, -0.2) is 4.79 Å². The van der Waals surface area contributed by atoms with Crippen molar-refractivity contribution < 1.29 is 24.3 Å². The number of para-hydroxylation sites is 2. The van der Waals surface area contributed by atoms with Crippen LogP contribution in [0.25, 0.3) is 10.9 Å². The Hall–Kier alpha value is -5.12. The van der Waals surface area contributed by atoms with E-state index in [0.717, 1.165) is 27.7 Å². The number of rotatable bonds is 14. The lowest BCUT2D eigenvalue weighted by atomic mass is 9.94. The number of hydrogen-bond acceptors (Lipinski definition) is 5. The molecule has 0 aliphatic carbocycles. The molecule has 0 bridgehead atoms. The molecule has 0 aliphatic heterocycles. The molecule has 0 saturated carbocycles. The number of nitrogens with one attached hydrogen (secondary N) is 5. The summed E-state index contributed by atoms with van der Waals surface area (Å²) in [6, 6.07) is 21.4. The smallest absolute Gasteiger partial charge is 0.323 e. The van der Waals surface area contributed by atoms with Crippen LogP contribution in [-0.2, 0) is 20.8 Å². The van der Waals surface area contributed by atoms with Gasteiger partial charge in [-0.15, -0.1) is 0 Å². The summed E-state index contributed by atoms with van der Waals surface area (Å²) in [5.41, 5.74) is 4.04. The lowest BCUT2D eigenvalue weighted by Gasteiger charge is -2.26. The molecular weight excluding hydrogens is 558 g/mol. The van der Waals surface area contributed by atoms with Crippen molar-refractivity contribution >= 4 is 51.7 Å². The molecule has 0 spiro atoms. The molecule has 0 saturated heterocycles. The molecule has 1 aromatic heterocycles. The molecular formula is C34H39N5O5. The first-order valence-electron chi connectivity index (χ1n) is 14.6. The van der Waals surface area contributed by atoms with E-state index in [0.29, 0.717) is 24.2 Å². The number of aromatic amines is 1. The largest absolute Gasteiger partial charge is 0.481 e. The van der Waals surface area contributed by atoms with E-state index >= 15 is 0 Å². The van der Waals surface area contributed by atoms with Crippen molar-refractivity contribution in [3.05, 3.63) is 90.1 Å². The fourth-order valence-corrected chi connectivity index (χ4v) is 5.01. The lowest BCUT2D eigenvalue weighted by Crippen LogP contribution is -2.41. The molecule has 1 unspecified atom stereocenters. The number of aromatic nitrogens is 1. The van der Waals surface area contributed by atoms with E-state index in [1.807, 2.05) is 61.7 Å². The summed E-state index contributed by atoms with van der Waals surface area (Å²) in [6.07, 6.45) is 2.71. The third-order valence-electron chi connectivity index (χ3n) is 7.49. The predicted molar refractivity (Wildman–Crippen MR) is 173 cm³/mol. The number of benzene rings is 3. The standard InChI is InChI=1S/C34H39N5O5/c1-22-8-4-6-10-28(22)38-33(44)37-24-14-16-25(17-15-24)39-34(2,3)30(40)18-19-31(41)36-26(20-32(42)43)13-12-23-21-35-29-11-7-5-9-27(23)29/h4-11,14-17,21,26,35,39H,12-13,18-20H2,1-3H3,(H,36,41)(H,42,43)(H2,37,38,44). The van der Waals surface area contributed by atoms with E-state index < -0.39 is 17.6 Å². The van der Waals surface area contributed by atoms with Crippen LogP contribution in [-0.4, -0.2) is 45.4 Å². The number of ketones is 1. The van der Waals surface area contributed by atoms with Crippen LogP contribution in [0.2, 0.25) is 0 Å². The van der Waals surface area contributed by atoms with Gasteiger partial charge < -0.3 is 31.4 Å².